The summed E-state index contributed by atoms with van der Waals surface area (Å²) in [6, 6.07) is 15.2. The van der Waals surface area contributed by atoms with Crippen LogP contribution in [-0.4, -0.2) is 20.5 Å². The van der Waals surface area contributed by atoms with Crippen molar-refractivity contribution in [2.24, 2.45) is 0 Å². The molecule has 0 N–H and O–H groups in total. The highest BCUT2D eigenvalue weighted by molar-refractivity contribution is 8.32. The molecule has 0 aromatic heterocycles. The van der Waals surface area contributed by atoms with Gasteiger partial charge in [-0.1, -0.05) is 24.3 Å². The Bertz CT molecular complexity index is 612. The molecular weight excluding hydrogens is 268 g/mol. The lowest BCUT2D eigenvalue weighted by Gasteiger charge is -2.31. The minimum Gasteiger partial charge on any atom is -0.493 e. The molecule has 1 heterocycles. The van der Waals surface area contributed by atoms with Gasteiger partial charge in [0.25, 0.3) is 0 Å². The first kappa shape index (κ1) is 13.4. The van der Waals surface area contributed by atoms with Gasteiger partial charge in [-0.25, -0.2) is 10.0 Å². The molecule has 0 amide bonds. The first-order valence-electron chi connectivity index (χ1n) is 6.69. The van der Waals surface area contributed by atoms with E-state index in [-0.39, 0.29) is 0 Å². The first-order valence-corrected chi connectivity index (χ1v) is 9.07. The molecule has 3 rings (SSSR count). The fourth-order valence-electron chi connectivity index (χ4n) is 2.87. The lowest BCUT2D eigenvalue weighted by atomic mass is 10.1. The highest BCUT2D eigenvalue weighted by Crippen LogP contribution is 2.63. The number of hydrogen-bond donors (Lipinski definition) is 0. The van der Waals surface area contributed by atoms with Gasteiger partial charge in [-0.3, -0.25) is 0 Å². The molecule has 0 atom stereocenters. The van der Waals surface area contributed by atoms with Crippen molar-refractivity contribution in [2.45, 2.75) is 16.4 Å². The van der Waals surface area contributed by atoms with E-state index in [4.69, 9.17) is 9.47 Å². The standard InChI is InChI=1S/C17H20O2S/c1-18-16-9-8-15(10-17(16)19-2)20(3)11-13-6-4-5-7-14(13)12-20/h4-10H,11-12H2,1-3H3. The SMILES string of the molecule is COc1ccc(S2(C)Cc3ccccc3C2)cc1OC. The van der Waals surface area contributed by atoms with Gasteiger partial charge in [-0.15, -0.1) is 0 Å². The van der Waals surface area contributed by atoms with Gasteiger partial charge in [0.05, 0.1) is 14.2 Å². The van der Waals surface area contributed by atoms with Gasteiger partial charge in [0.15, 0.2) is 11.5 Å². The number of rotatable bonds is 3. The van der Waals surface area contributed by atoms with Gasteiger partial charge >= 0.3 is 0 Å². The van der Waals surface area contributed by atoms with E-state index < -0.39 is 10.0 Å². The van der Waals surface area contributed by atoms with E-state index in [1.54, 1.807) is 14.2 Å². The number of hydrogen-bond acceptors (Lipinski definition) is 2. The zero-order chi connectivity index (χ0) is 14.2. The molecule has 2 aromatic rings. The molecular formula is C17H20O2S. The van der Waals surface area contributed by atoms with E-state index in [2.05, 4.69) is 42.7 Å². The summed E-state index contributed by atoms with van der Waals surface area (Å²) in [6.07, 6.45) is 2.41. The predicted molar refractivity (Wildman–Crippen MR) is 85.2 cm³/mol. The number of benzene rings is 2. The molecule has 106 valence electrons. The second-order valence-corrected chi connectivity index (χ2v) is 8.95. The molecule has 0 bridgehead atoms. The zero-order valence-electron chi connectivity index (χ0n) is 12.2. The Balaban J connectivity index is 1.98. The average Bonchev–Trinajstić information content (AvgIpc) is 2.83. The fourth-order valence-corrected chi connectivity index (χ4v) is 6.03. The van der Waals surface area contributed by atoms with Crippen molar-refractivity contribution in [3.63, 3.8) is 0 Å². The molecule has 3 heteroatoms. The van der Waals surface area contributed by atoms with Gasteiger partial charge in [0, 0.05) is 11.5 Å². The number of methoxy groups -OCH3 is 2. The summed E-state index contributed by atoms with van der Waals surface area (Å²) in [6.45, 7) is 0. The maximum absolute atomic E-state index is 5.45. The van der Waals surface area contributed by atoms with Gasteiger partial charge in [0.2, 0.25) is 0 Å². The van der Waals surface area contributed by atoms with Crippen LogP contribution in [0.3, 0.4) is 0 Å². The summed E-state index contributed by atoms with van der Waals surface area (Å²) in [5.74, 6) is 3.96. The van der Waals surface area contributed by atoms with Crippen LogP contribution in [0.5, 0.6) is 11.5 Å². The van der Waals surface area contributed by atoms with E-state index in [1.165, 1.54) is 27.5 Å². The third kappa shape index (κ3) is 2.16. The third-order valence-corrected chi connectivity index (χ3v) is 7.28. The summed E-state index contributed by atoms with van der Waals surface area (Å²) < 4.78 is 10.8. The van der Waals surface area contributed by atoms with E-state index >= 15 is 0 Å². The maximum atomic E-state index is 5.45. The molecule has 2 nitrogen and oxygen atoms in total. The maximum Gasteiger partial charge on any atom is 0.161 e. The van der Waals surface area contributed by atoms with Crippen LogP contribution in [0, 0.1) is 0 Å². The third-order valence-electron chi connectivity index (χ3n) is 3.99. The van der Waals surface area contributed by atoms with Crippen LogP contribution < -0.4 is 9.47 Å². The summed E-state index contributed by atoms with van der Waals surface area (Å²) in [5, 5.41) is 0. The van der Waals surface area contributed by atoms with Gasteiger partial charge in [-0.2, -0.15) is 0 Å². The van der Waals surface area contributed by atoms with Crippen LogP contribution in [0.25, 0.3) is 0 Å². The lowest BCUT2D eigenvalue weighted by molar-refractivity contribution is 0.354. The summed E-state index contributed by atoms with van der Waals surface area (Å²) >= 11 is 0. The van der Waals surface area contributed by atoms with Crippen molar-refractivity contribution in [3.05, 3.63) is 53.6 Å². The predicted octanol–water partition coefficient (Wildman–Crippen LogP) is 4.21. The fraction of sp³-hybridized carbons (Fsp3) is 0.294. The quantitative estimate of drug-likeness (QED) is 0.842. The molecule has 1 aliphatic heterocycles. The normalized spacial score (nSPS) is 17.4. The second-order valence-electron chi connectivity index (χ2n) is 5.35. The topological polar surface area (TPSA) is 18.5 Å². The van der Waals surface area contributed by atoms with Crippen LogP contribution in [0.4, 0.5) is 0 Å². The monoisotopic (exact) mass is 288 g/mol. The largest absolute Gasteiger partial charge is 0.493 e. The van der Waals surface area contributed by atoms with Gasteiger partial charge in [0.1, 0.15) is 0 Å². The molecule has 0 radical (unpaired) electrons. The average molecular weight is 288 g/mol. The molecule has 0 unspecified atom stereocenters. The molecule has 2 aromatic carbocycles. The molecule has 0 fully saturated rings. The van der Waals surface area contributed by atoms with Crippen LogP contribution in [0.1, 0.15) is 11.1 Å². The van der Waals surface area contributed by atoms with Crippen molar-refractivity contribution in [3.8, 4) is 11.5 Å². The van der Waals surface area contributed by atoms with Crippen molar-refractivity contribution < 1.29 is 9.47 Å². The van der Waals surface area contributed by atoms with Crippen molar-refractivity contribution in [1.29, 1.82) is 0 Å². The van der Waals surface area contributed by atoms with Crippen molar-refractivity contribution in [1.82, 2.24) is 0 Å². The van der Waals surface area contributed by atoms with Crippen LogP contribution in [0.2, 0.25) is 0 Å². The van der Waals surface area contributed by atoms with Crippen LogP contribution in [0.15, 0.2) is 47.4 Å². The number of fused-ring (bicyclic) bond motifs is 1. The Kier molecular flexibility index (Phi) is 3.38. The van der Waals surface area contributed by atoms with Crippen molar-refractivity contribution >= 4 is 10.0 Å². The molecule has 0 spiro atoms. The molecule has 0 saturated heterocycles. The minimum absolute atomic E-state index is 0.801. The first-order chi connectivity index (χ1) is 9.66. The summed E-state index contributed by atoms with van der Waals surface area (Å²) in [7, 11) is 2.54. The molecule has 0 saturated carbocycles. The zero-order valence-corrected chi connectivity index (χ0v) is 13.0. The Morgan fingerprint density at radius 3 is 2.00 bits per heavy atom. The highest BCUT2D eigenvalue weighted by atomic mass is 32.3. The van der Waals surface area contributed by atoms with E-state index in [9.17, 15) is 0 Å². The second kappa shape index (κ2) is 5.06. The Hall–Kier alpha value is -1.61. The highest BCUT2D eigenvalue weighted by Gasteiger charge is 2.30. The van der Waals surface area contributed by atoms with Crippen LogP contribution in [-0.2, 0) is 11.5 Å². The van der Waals surface area contributed by atoms with E-state index in [0.29, 0.717) is 0 Å². The van der Waals surface area contributed by atoms with E-state index in [1.807, 2.05) is 6.07 Å². The molecule has 20 heavy (non-hydrogen) atoms. The Morgan fingerprint density at radius 1 is 0.850 bits per heavy atom. The van der Waals surface area contributed by atoms with Crippen LogP contribution >= 0.6 is 10.0 Å². The van der Waals surface area contributed by atoms with Gasteiger partial charge < -0.3 is 9.47 Å². The summed E-state index contributed by atoms with van der Waals surface area (Å²) in [5.41, 5.74) is 3.00. The van der Waals surface area contributed by atoms with Crippen molar-refractivity contribution in [2.75, 3.05) is 20.5 Å². The minimum atomic E-state index is -0.835. The smallest absolute Gasteiger partial charge is 0.161 e. The lowest BCUT2D eigenvalue weighted by Crippen LogP contribution is -1.99. The van der Waals surface area contributed by atoms with E-state index in [0.717, 1.165) is 11.5 Å². The number of ether oxygens (including phenoxy) is 2. The Morgan fingerprint density at radius 2 is 1.45 bits per heavy atom. The molecule has 0 aliphatic carbocycles. The summed E-state index contributed by atoms with van der Waals surface area (Å²) in [4.78, 5) is 1.39. The van der Waals surface area contributed by atoms with Gasteiger partial charge in [-0.05, 0) is 40.5 Å². The molecule has 1 aliphatic rings. The Labute approximate surface area is 122 Å².